The van der Waals surface area contributed by atoms with Gasteiger partial charge in [0.2, 0.25) is 0 Å². The van der Waals surface area contributed by atoms with E-state index in [1.54, 1.807) is 6.07 Å². The fourth-order valence-electron chi connectivity index (χ4n) is 1.26. The van der Waals surface area contributed by atoms with E-state index in [1.807, 2.05) is 24.3 Å². The van der Waals surface area contributed by atoms with Crippen molar-refractivity contribution in [3.05, 3.63) is 35.2 Å². The first-order chi connectivity index (χ1) is 7.16. The van der Waals surface area contributed by atoms with Gasteiger partial charge in [-0.15, -0.1) is 11.3 Å². The van der Waals surface area contributed by atoms with Crippen LogP contribution in [0.3, 0.4) is 0 Å². The van der Waals surface area contributed by atoms with Crippen LogP contribution >= 0.6 is 11.3 Å². The highest BCUT2D eigenvalue weighted by Crippen LogP contribution is 2.25. The van der Waals surface area contributed by atoms with E-state index in [1.165, 1.54) is 11.3 Å². The molecule has 1 heterocycles. The molecule has 2 rings (SSSR count). The van der Waals surface area contributed by atoms with Gasteiger partial charge < -0.3 is 11.5 Å². The van der Waals surface area contributed by atoms with E-state index < -0.39 is 5.91 Å². The molecule has 1 aromatic carbocycles. The van der Waals surface area contributed by atoms with Crippen molar-refractivity contribution in [2.75, 3.05) is 0 Å². The zero-order valence-corrected chi connectivity index (χ0v) is 8.62. The van der Waals surface area contributed by atoms with Crippen LogP contribution in [0.1, 0.15) is 9.67 Å². The minimum absolute atomic E-state index is 0.211. The molecule has 0 unspecified atom stereocenters. The summed E-state index contributed by atoms with van der Waals surface area (Å²) in [5, 5.41) is 1.02. The molecule has 0 saturated heterocycles. The molecule has 0 spiro atoms. The number of fused-ring (bicyclic) bond motifs is 1. The molecule has 0 radical (unpaired) electrons. The third-order valence-electron chi connectivity index (χ3n) is 1.87. The number of thiophene rings is 1. The van der Waals surface area contributed by atoms with Crippen LogP contribution in [0.5, 0.6) is 0 Å². The highest BCUT2D eigenvalue weighted by atomic mass is 32.1. The van der Waals surface area contributed by atoms with E-state index in [4.69, 9.17) is 11.5 Å². The maximum absolute atomic E-state index is 11.5. The Morgan fingerprint density at radius 3 is 2.67 bits per heavy atom. The van der Waals surface area contributed by atoms with Crippen LogP contribution < -0.4 is 11.5 Å². The standard InChI is InChI=1S/C10H9N3OS/c11-10(12)13-9(14)8-5-6-3-1-2-4-7(6)15-8/h1-5H,(H4,11,12,13,14). The molecule has 2 aromatic rings. The Labute approximate surface area is 90.2 Å². The van der Waals surface area contributed by atoms with Crippen molar-refractivity contribution >= 4 is 33.3 Å². The van der Waals surface area contributed by atoms with E-state index in [0.29, 0.717) is 4.88 Å². The summed E-state index contributed by atoms with van der Waals surface area (Å²) in [6.07, 6.45) is 0. The second-order valence-electron chi connectivity index (χ2n) is 2.99. The lowest BCUT2D eigenvalue weighted by molar-refractivity contribution is 0.101. The minimum Gasteiger partial charge on any atom is -0.370 e. The maximum atomic E-state index is 11.5. The molecule has 1 aromatic heterocycles. The van der Waals surface area contributed by atoms with Crippen molar-refractivity contribution in [1.29, 1.82) is 0 Å². The highest BCUT2D eigenvalue weighted by molar-refractivity contribution is 7.20. The number of carbonyl (C=O) groups excluding carboxylic acids is 1. The van der Waals surface area contributed by atoms with Gasteiger partial charge in [-0.3, -0.25) is 4.79 Å². The summed E-state index contributed by atoms with van der Waals surface area (Å²) in [5.41, 5.74) is 10.3. The normalized spacial score (nSPS) is 10.1. The molecule has 76 valence electrons. The number of amides is 1. The topological polar surface area (TPSA) is 81.5 Å². The summed E-state index contributed by atoms with van der Waals surface area (Å²) in [7, 11) is 0. The Morgan fingerprint density at radius 1 is 1.27 bits per heavy atom. The van der Waals surface area contributed by atoms with Gasteiger partial charge in [0.25, 0.3) is 5.91 Å². The number of carbonyl (C=O) groups is 1. The predicted octanol–water partition coefficient (Wildman–Crippen LogP) is 1.31. The number of hydrogen-bond donors (Lipinski definition) is 2. The van der Waals surface area contributed by atoms with Crippen molar-refractivity contribution in [2.45, 2.75) is 0 Å². The molecule has 4 nitrogen and oxygen atoms in total. The Bertz CT molecular complexity index is 507. The number of guanidine groups is 1. The number of nitrogens with two attached hydrogens (primary N) is 2. The van der Waals surface area contributed by atoms with Gasteiger partial charge in [0.15, 0.2) is 5.96 Å². The Hall–Kier alpha value is -1.88. The van der Waals surface area contributed by atoms with Gasteiger partial charge in [-0.25, -0.2) is 0 Å². The molecule has 0 aliphatic carbocycles. The summed E-state index contributed by atoms with van der Waals surface area (Å²) in [4.78, 5) is 15.5. The first kappa shape index (κ1) is 9.67. The second kappa shape index (κ2) is 3.70. The fraction of sp³-hybridized carbons (Fsp3) is 0. The average Bonchev–Trinajstić information content (AvgIpc) is 2.59. The van der Waals surface area contributed by atoms with E-state index in [9.17, 15) is 4.79 Å². The average molecular weight is 219 g/mol. The Balaban J connectivity index is 2.45. The fourth-order valence-corrected chi connectivity index (χ4v) is 2.21. The summed E-state index contributed by atoms with van der Waals surface area (Å²) in [6, 6.07) is 9.52. The van der Waals surface area contributed by atoms with E-state index in [-0.39, 0.29) is 5.96 Å². The van der Waals surface area contributed by atoms with Crippen LogP contribution in [0, 0.1) is 0 Å². The third-order valence-corrected chi connectivity index (χ3v) is 2.97. The molecule has 15 heavy (non-hydrogen) atoms. The first-order valence-corrected chi connectivity index (χ1v) is 5.11. The molecule has 5 heteroatoms. The van der Waals surface area contributed by atoms with Crippen molar-refractivity contribution in [1.82, 2.24) is 0 Å². The van der Waals surface area contributed by atoms with E-state index in [2.05, 4.69) is 4.99 Å². The number of hydrogen-bond acceptors (Lipinski definition) is 2. The number of benzene rings is 1. The van der Waals surface area contributed by atoms with Crippen molar-refractivity contribution in [3.8, 4) is 0 Å². The molecule has 0 aliphatic heterocycles. The Kier molecular flexibility index (Phi) is 2.39. The smallest absolute Gasteiger partial charge is 0.290 e. The van der Waals surface area contributed by atoms with Crippen LogP contribution in [-0.2, 0) is 0 Å². The van der Waals surface area contributed by atoms with Crippen molar-refractivity contribution in [3.63, 3.8) is 0 Å². The SMILES string of the molecule is NC(N)=NC(=O)c1cc2ccccc2s1. The summed E-state index contributed by atoms with van der Waals surface area (Å²) in [5.74, 6) is -0.603. The van der Waals surface area contributed by atoms with Crippen molar-refractivity contribution < 1.29 is 4.79 Å². The van der Waals surface area contributed by atoms with Crippen molar-refractivity contribution in [2.24, 2.45) is 16.5 Å². The highest BCUT2D eigenvalue weighted by Gasteiger charge is 2.08. The molecule has 1 amide bonds. The zero-order valence-electron chi connectivity index (χ0n) is 7.81. The number of aliphatic imine (C=N–C) groups is 1. The largest absolute Gasteiger partial charge is 0.370 e. The summed E-state index contributed by atoms with van der Waals surface area (Å²) in [6.45, 7) is 0. The third kappa shape index (κ3) is 1.97. The van der Waals surface area contributed by atoms with E-state index in [0.717, 1.165) is 10.1 Å². The molecular formula is C10H9N3OS. The van der Waals surface area contributed by atoms with Crippen LogP contribution in [0.4, 0.5) is 0 Å². The lowest BCUT2D eigenvalue weighted by Crippen LogP contribution is -2.24. The van der Waals surface area contributed by atoms with Gasteiger partial charge in [0.1, 0.15) is 0 Å². The van der Waals surface area contributed by atoms with Crippen LogP contribution in [0.25, 0.3) is 10.1 Å². The van der Waals surface area contributed by atoms with Gasteiger partial charge in [-0.05, 0) is 17.5 Å². The van der Waals surface area contributed by atoms with Gasteiger partial charge in [-0.1, -0.05) is 18.2 Å². The van der Waals surface area contributed by atoms with Crippen LogP contribution in [0.2, 0.25) is 0 Å². The Morgan fingerprint density at radius 2 is 2.00 bits per heavy atom. The van der Waals surface area contributed by atoms with Gasteiger partial charge in [0.05, 0.1) is 4.88 Å². The lowest BCUT2D eigenvalue weighted by atomic mass is 10.2. The molecule has 0 aliphatic rings. The van der Waals surface area contributed by atoms with E-state index >= 15 is 0 Å². The quantitative estimate of drug-likeness (QED) is 0.560. The number of rotatable bonds is 1. The maximum Gasteiger partial charge on any atom is 0.290 e. The molecule has 0 fully saturated rings. The molecular weight excluding hydrogens is 210 g/mol. The molecule has 4 N–H and O–H groups in total. The van der Waals surface area contributed by atoms with Gasteiger partial charge >= 0.3 is 0 Å². The van der Waals surface area contributed by atoms with Gasteiger partial charge in [-0.2, -0.15) is 4.99 Å². The van der Waals surface area contributed by atoms with Crippen LogP contribution in [-0.4, -0.2) is 11.9 Å². The summed E-state index contributed by atoms with van der Waals surface area (Å²) >= 11 is 1.38. The molecule has 0 bridgehead atoms. The molecule has 0 saturated carbocycles. The zero-order chi connectivity index (χ0) is 10.8. The molecule has 0 atom stereocenters. The number of nitrogens with zero attached hydrogens (tertiary/aromatic N) is 1. The summed E-state index contributed by atoms with van der Waals surface area (Å²) < 4.78 is 1.05. The van der Waals surface area contributed by atoms with Gasteiger partial charge in [0, 0.05) is 4.70 Å². The minimum atomic E-state index is -0.392. The van der Waals surface area contributed by atoms with Crippen LogP contribution in [0.15, 0.2) is 35.3 Å². The first-order valence-electron chi connectivity index (χ1n) is 4.29. The monoisotopic (exact) mass is 219 g/mol. The second-order valence-corrected chi connectivity index (χ2v) is 4.07. The lowest BCUT2D eigenvalue weighted by Gasteiger charge is -1.88. The predicted molar refractivity (Wildman–Crippen MR) is 62.0 cm³/mol.